The molecule has 0 spiro atoms. The van der Waals surface area contributed by atoms with Crippen LogP contribution < -0.4 is 15.8 Å². The Labute approximate surface area is 186 Å². The zero-order valence-electron chi connectivity index (χ0n) is 18.3. The first-order valence-corrected chi connectivity index (χ1v) is 11.1. The van der Waals surface area contributed by atoms with Crippen molar-refractivity contribution in [3.05, 3.63) is 29.5 Å². The number of hydrogen-bond donors (Lipinski definition) is 3. The van der Waals surface area contributed by atoms with Gasteiger partial charge in [0.1, 0.15) is 11.3 Å². The van der Waals surface area contributed by atoms with Gasteiger partial charge in [-0.15, -0.1) is 0 Å². The van der Waals surface area contributed by atoms with Crippen LogP contribution in [0.3, 0.4) is 0 Å². The molecule has 9 nitrogen and oxygen atoms in total. The molecule has 2 aliphatic rings. The van der Waals surface area contributed by atoms with E-state index in [4.69, 9.17) is 15.2 Å². The third-order valence-electron chi connectivity index (χ3n) is 6.21. The molecule has 2 aromatic rings. The highest BCUT2D eigenvalue weighted by molar-refractivity contribution is 6.06. The Bertz CT molecular complexity index is 998. The fourth-order valence-electron chi connectivity index (χ4n) is 4.55. The summed E-state index contributed by atoms with van der Waals surface area (Å²) in [5, 5.41) is 13.2. The van der Waals surface area contributed by atoms with Gasteiger partial charge in [0.15, 0.2) is 0 Å². The molecular weight excluding hydrogens is 412 g/mol. The van der Waals surface area contributed by atoms with Gasteiger partial charge < -0.3 is 25.6 Å². The lowest BCUT2D eigenvalue weighted by Crippen LogP contribution is -2.47. The smallest absolute Gasteiger partial charge is 0.339 e. The Morgan fingerprint density at radius 2 is 1.97 bits per heavy atom. The molecule has 1 amide bonds. The van der Waals surface area contributed by atoms with E-state index in [1.807, 2.05) is 6.07 Å². The van der Waals surface area contributed by atoms with Gasteiger partial charge in [-0.25, -0.2) is 4.79 Å². The van der Waals surface area contributed by atoms with Gasteiger partial charge in [-0.2, -0.15) is 0 Å². The lowest BCUT2D eigenvalue weighted by molar-refractivity contribution is -0.124. The molecule has 172 valence electrons. The SMILES string of the molecule is Cc1nc2cccc(O[C@H]3CC[C@H](NC(=O)CN4CCOCC4)CC3)c2c(N)c1C(=O)O. The number of carbonyl (C=O) groups is 2. The first kappa shape index (κ1) is 22.3. The number of aromatic carboxylic acids is 1. The van der Waals surface area contributed by atoms with Gasteiger partial charge in [0.2, 0.25) is 5.91 Å². The second-order valence-electron chi connectivity index (χ2n) is 8.49. The Morgan fingerprint density at radius 1 is 1.25 bits per heavy atom. The van der Waals surface area contributed by atoms with Crippen LogP contribution in [0.2, 0.25) is 0 Å². The number of nitrogens with two attached hydrogens (primary N) is 1. The standard InChI is InChI=1S/C23H30N4O5/c1-14-20(23(29)30)22(24)21-17(25-14)3-2-4-18(21)32-16-7-5-15(6-8-16)26-19(28)13-27-9-11-31-12-10-27/h2-4,15-16H,5-13H2,1H3,(H2,24,25)(H,26,28)(H,29,30)/t15-,16-. The van der Waals surface area contributed by atoms with E-state index in [1.165, 1.54) is 0 Å². The number of morpholine rings is 1. The lowest BCUT2D eigenvalue weighted by Gasteiger charge is -2.31. The molecule has 4 N–H and O–H groups in total. The Kier molecular flexibility index (Phi) is 6.76. The van der Waals surface area contributed by atoms with Crippen molar-refractivity contribution in [1.82, 2.24) is 15.2 Å². The summed E-state index contributed by atoms with van der Waals surface area (Å²) in [4.78, 5) is 30.5. The highest BCUT2D eigenvalue weighted by atomic mass is 16.5. The number of nitrogens with zero attached hydrogens (tertiary/aromatic N) is 2. The highest BCUT2D eigenvalue weighted by Gasteiger charge is 2.26. The fourth-order valence-corrected chi connectivity index (χ4v) is 4.55. The van der Waals surface area contributed by atoms with Crippen LogP contribution in [0, 0.1) is 6.92 Å². The zero-order chi connectivity index (χ0) is 22.7. The van der Waals surface area contributed by atoms with E-state index in [-0.39, 0.29) is 29.3 Å². The number of carbonyl (C=O) groups excluding carboxylic acids is 1. The molecule has 1 aromatic heterocycles. The number of hydrogen-bond acceptors (Lipinski definition) is 7. The monoisotopic (exact) mass is 442 g/mol. The number of benzene rings is 1. The van der Waals surface area contributed by atoms with Crippen LogP contribution in [0.5, 0.6) is 5.75 Å². The van der Waals surface area contributed by atoms with Crippen LogP contribution in [0.25, 0.3) is 10.9 Å². The van der Waals surface area contributed by atoms with E-state index in [1.54, 1.807) is 19.1 Å². The maximum Gasteiger partial charge on any atom is 0.339 e. The van der Waals surface area contributed by atoms with Gasteiger partial charge in [-0.05, 0) is 44.7 Å². The first-order chi connectivity index (χ1) is 15.4. The van der Waals surface area contributed by atoms with E-state index in [2.05, 4.69) is 15.2 Å². The molecule has 32 heavy (non-hydrogen) atoms. The number of fused-ring (bicyclic) bond motifs is 1. The van der Waals surface area contributed by atoms with Crippen LogP contribution in [0.1, 0.15) is 41.7 Å². The average Bonchev–Trinajstić information content (AvgIpc) is 2.75. The van der Waals surface area contributed by atoms with Crippen molar-refractivity contribution in [1.29, 1.82) is 0 Å². The molecule has 1 aromatic carbocycles. The number of aryl methyl sites for hydroxylation is 1. The summed E-state index contributed by atoms with van der Waals surface area (Å²) in [6.45, 7) is 4.99. The van der Waals surface area contributed by atoms with Crippen molar-refractivity contribution in [2.24, 2.45) is 0 Å². The zero-order valence-corrected chi connectivity index (χ0v) is 18.3. The van der Waals surface area contributed by atoms with Gasteiger partial charge in [-0.1, -0.05) is 6.07 Å². The number of nitrogen functional groups attached to an aromatic ring is 1. The number of ether oxygens (including phenoxy) is 2. The van der Waals surface area contributed by atoms with Crippen molar-refractivity contribution in [2.45, 2.75) is 44.8 Å². The number of carboxylic acid groups (broad SMARTS) is 1. The maximum atomic E-state index is 12.4. The topological polar surface area (TPSA) is 127 Å². The molecule has 0 radical (unpaired) electrons. The van der Waals surface area contributed by atoms with E-state index in [0.29, 0.717) is 42.1 Å². The second-order valence-corrected chi connectivity index (χ2v) is 8.49. The summed E-state index contributed by atoms with van der Waals surface area (Å²) in [6.07, 6.45) is 3.23. The molecule has 1 saturated heterocycles. The predicted octanol–water partition coefficient (Wildman–Crippen LogP) is 1.96. The summed E-state index contributed by atoms with van der Waals surface area (Å²) in [7, 11) is 0. The lowest BCUT2D eigenvalue weighted by atomic mass is 9.92. The molecule has 1 aliphatic carbocycles. The molecule has 0 bridgehead atoms. The summed E-state index contributed by atoms with van der Waals surface area (Å²) >= 11 is 0. The first-order valence-electron chi connectivity index (χ1n) is 11.1. The summed E-state index contributed by atoms with van der Waals surface area (Å²) < 4.78 is 11.6. The third kappa shape index (κ3) is 4.94. The molecule has 0 unspecified atom stereocenters. The van der Waals surface area contributed by atoms with Gasteiger partial charge >= 0.3 is 5.97 Å². The van der Waals surface area contributed by atoms with Gasteiger partial charge in [-0.3, -0.25) is 14.7 Å². The predicted molar refractivity (Wildman–Crippen MR) is 120 cm³/mol. The number of amides is 1. The average molecular weight is 443 g/mol. The van der Waals surface area contributed by atoms with Crippen LogP contribution in [0.15, 0.2) is 18.2 Å². The Morgan fingerprint density at radius 3 is 2.66 bits per heavy atom. The molecular formula is C23H30N4O5. The minimum atomic E-state index is -1.10. The summed E-state index contributed by atoms with van der Waals surface area (Å²) in [6, 6.07) is 5.58. The van der Waals surface area contributed by atoms with Gasteiger partial charge in [0.05, 0.1) is 48.1 Å². The van der Waals surface area contributed by atoms with Crippen molar-refractivity contribution in [3.8, 4) is 5.75 Å². The van der Waals surface area contributed by atoms with E-state index < -0.39 is 5.97 Å². The quantitative estimate of drug-likeness (QED) is 0.620. The number of aromatic nitrogens is 1. The van der Waals surface area contributed by atoms with Crippen molar-refractivity contribution in [3.63, 3.8) is 0 Å². The molecule has 1 saturated carbocycles. The van der Waals surface area contributed by atoms with E-state index >= 15 is 0 Å². The van der Waals surface area contributed by atoms with Crippen LogP contribution in [-0.2, 0) is 9.53 Å². The number of carboxylic acids is 1. The Balaban J connectivity index is 1.37. The summed E-state index contributed by atoms with van der Waals surface area (Å²) in [5.74, 6) is -0.493. The molecule has 4 rings (SSSR count). The minimum Gasteiger partial charge on any atom is -0.490 e. The Hall–Kier alpha value is -2.91. The second kappa shape index (κ2) is 9.70. The number of nitrogens with one attached hydrogen (secondary N) is 1. The number of pyridine rings is 1. The molecule has 0 atom stereocenters. The van der Waals surface area contributed by atoms with E-state index in [0.717, 1.165) is 38.8 Å². The van der Waals surface area contributed by atoms with Crippen LogP contribution >= 0.6 is 0 Å². The van der Waals surface area contributed by atoms with Crippen LogP contribution in [0.4, 0.5) is 5.69 Å². The van der Waals surface area contributed by atoms with Crippen LogP contribution in [-0.4, -0.2) is 71.9 Å². The molecule has 2 heterocycles. The minimum absolute atomic E-state index is 0.0141. The normalized spacial score (nSPS) is 21.9. The molecule has 2 fully saturated rings. The number of rotatable bonds is 6. The van der Waals surface area contributed by atoms with Gasteiger partial charge in [0.25, 0.3) is 0 Å². The summed E-state index contributed by atoms with van der Waals surface area (Å²) in [5.41, 5.74) is 7.41. The highest BCUT2D eigenvalue weighted by Crippen LogP contribution is 2.35. The van der Waals surface area contributed by atoms with E-state index in [9.17, 15) is 14.7 Å². The maximum absolute atomic E-state index is 12.4. The van der Waals surface area contributed by atoms with Gasteiger partial charge in [0, 0.05) is 19.1 Å². The van der Waals surface area contributed by atoms with Crippen molar-refractivity contribution >= 4 is 28.5 Å². The largest absolute Gasteiger partial charge is 0.490 e. The molecule has 1 aliphatic heterocycles. The number of anilines is 1. The van der Waals surface area contributed by atoms with Crippen molar-refractivity contribution < 1.29 is 24.2 Å². The fraction of sp³-hybridized carbons (Fsp3) is 0.522. The van der Waals surface area contributed by atoms with Crippen molar-refractivity contribution in [2.75, 3.05) is 38.6 Å². The molecule has 9 heteroatoms. The third-order valence-corrected chi connectivity index (χ3v) is 6.21.